The van der Waals surface area contributed by atoms with E-state index in [-0.39, 0.29) is 29.8 Å². The second kappa shape index (κ2) is 5.98. The van der Waals surface area contributed by atoms with Crippen molar-refractivity contribution in [2.45, 2.75) is 70.9 Å². The molecule has 0 radical (unpaired) electrons. The summed E-state index contributed by atoms with van der Waals surface area (Å²) in [5, 5.41) is 0. The first-order valence-corrected chi connectivity index (χ1v) is 8.70. The van der Waals surface area contributed by atoms with Crippen LogP contribution in [0.1, 0.15) is 58.8 Å². The molecule has 1 saturated carbocycles. The van der Waals surface area contributed by atoms with Gasteiger partial charge in [-0.15, -0.1) is 0 Å². The Balaban J connectivity index is 1.76. The van der Waals surface area contributed by atoms with Crippen LogP contribution in [0.2, 0.25) is 0 Å². The number of piperidine rings is 1. The number of carbonyl (C=O) groups is 2. The van der Waals surface area contributed by atoms with Crippen molar-refractivity contribution in [3.05, 3.63) is 0 Å². The minimum atomic E-state index is -0.230. The maximum Gasteiger partial charge on any atom is 0.246 e. The number of hydrogen-bond acceptors (Lipinski definition) is 2. The molecule has 2 heterocycles. The number of nitrogens with zero attached hydrogens (tertiary/aromatic N) is 2. The summed E-state index contributed by atoms with van der Waals surface area (Å²) in [6, 6.07) is -0.394. The van der Waals surface area contributed by atoms with E-state index in [2.05, 4.69) is 13.8 Å². The van der Waals surface area contributed by atoms with Gasteiger partial charge < -0.3 is 9.80 Å². The first-order chi connectivity index (χ1) is 10.1. The molecule has 1 aliphatic carbocycles. The summed E-state index contributed by atoms with van der Waals surface area (Å²) < 4.78 is 0. The lowest BCUT2D eigenvalue weighted by atomic mass is 9.82. The Kier molecular flexibility index (Phi) is 4.23. The van der Waals surface area contributed by atoms with E-state index in [4.69, 9.17) is 0 Å². The van der Waals surface area contributed by atoms with Crippen molar-refractivity contribution < 1.29 is 9.59 Å². The van der Waals surface area contributed by atoms with E-state index in [0.717, 1.165) is 44.7 Å². The fourth-order valence-electron chi connectivity index (χ4n) is 4.08. The molecule has 0 aromatic rings. The molecule has 0 aromatic heterocycles. The summed E-state index contributed by atoms with van der Waals surface area (Å²) in [4.78, 5) is 29.5. The molecular weight excluding hydrogens is 264 g/mol. The third-order valence-electron chi connectivity index (χ3n) is 5.58. The molecule has 21 heavy (non-hydrogen) atoms. The second-order valence-corrected chi connectivity index (χ2v) is 7.35. The predicted octanol–water partition coefficient (Wildman–Crippen LogP) is 2.42. The van der Waals surface area contributed by atoms with Gasteiger partial charge in [-0.2, -0.15) is 0 Å². The van der Waals surface area contributed by atoms with Gasteiger partial charge in [0, 0.05) is 13.1 Å². The Labute approximate surface area is 127 Å². The van der Waals surface area contributed by atoms with Gasteiger partial charge in [0.2, 0.25) is 11.8 Å². The highest BCUT2D eigenvalue weighted by atomic mass is 16.2. The molecule has 2 saturated heterocycles. The molecule has 2 atom stereocenters. The summed E-state index contributed by atoms with van der Waals surface area (Å²) >= 11 is 0. The molecule has 2 aliphatic heterocycles. The van der Waals surface area contributed by atoms with Gasteiger partial charge in [-0.3, -0.25) is 9.59 Å². The van der Waals surface area contributed by atoms with Crippen LogP contribution in [0.3, 0.4) is 0 Å². The summed E-state index contributed by atoms with van der Waals surface area (Å²) in [6.07, 6.45) is 7.99. The van der Waals surface area contributed by atoms with Gasteiger partial charge in [0.05, 0.1) is 0 Å². The Hall–Kier alpha value is -1.06. The van der Waals surface area contributed by atoms with Crippen LogP contribution in [-0.4, -0.2) is 46.8 Å². The van der Waals surface area contributed by atoms with Gasteiger partial charge >= 0.3 is 0 Å². The lowest BCUT2D eigenvalue weighted by molar-refractivity contribution is -0.166. The first-order valence-electron chi connectivity index (χ1n) is 8.70. The van der Waals surface area contributed by atoms with E-state index in [1.165, 1.54) is 19.3 Å². The molecule has 0 aromatic carbocycles. The fourth-order valence-corrected chi connectivity index (χ4v) is 4.08. The Morgan fingerprint density at radius 2 is 1.81 bits per heavy atom. The lowest BCUT2D eigenvalue weighted by Crippen LogP contribution is -2.67. The standard InChI is InChI=1S/C17H28N2O2/c1-12(2)15-17(21)18-10-4-3-8-14(18)16(20)19(15)11-9-13-6-5-7-13/h12-15H,3-11H2,1-2H3. The molecule has 3 fully saturated rings. The van der Waals surface area contributed by atoms with Gasteiger partial charge in [-0.1, -0.05) is 33.1 Å². The van der Waals surface area contributed by atoms with Crippen LogP contribution >= 0.6 is 0 Å². The SMILES string of the molecule is CC(C)C1C(=O)N2CCCCC2C(=O)N1CCC1CCC1. The zero-order valence-corrected chi connectivity index (χ0v) is 13.4. The second-order valence-electron chi connectivity index (χ2n) is 7.35. The highest BCUT2D eigenvalue weighted by Gasteiger charge is 2.47. The molecule has 0 bridgehead atoms. The molecule has 4 heteroatoms. The minimum absolute atomic E-state index is 0.164. The normalized spacial score (nSPS) is 30.6. The monoisotopic (exact) mass is 292 g/mol. The quantitative estimate of drug-likeness (QED) is 0.798. The largest absolute Gasteiger partial charge is 0.329 e. The number of carbonyl (C=O) groups excluding carboxylic acids is 2. The third-order valence-corrected chi connectivity index (χ3v) is 5.58. The average Bonchev–Trinajstić information content (AvgIpc) is 2.42. The van der Waals surface area contributed by atoms with Crippen molar-refractivity contribution in [1.29, 1.82) is 0 Å². The molecule has 3 aliphatic rings. The summed E-state index contributed by atoms with van der Waals surface area (Å²) in [6.45, 7) is 5.68. The van der Waals surface area contributed by atoms with Crippen molar-refractivity contribution >= 4 is 11.8 Å². The Bertz CT molecular complexity index is 417. The molecule has 2 unspecified atom stereocenters. The number of hydrogen-bond donors (Lipinski definition) is 0. The van der Waals surface area contributed by atoms with Gasteiger partial charge in [0.25, 0.3) is 0 Å². The summed E-state index contributed by atoms with van der Waals surface area (Å²) in [7, 11) is 0. The van der Waals surface area contributed by atoms with Crippen LogP contribution in [0.15, 0.2) is 0 Å². The van der Waals surface area contributed by atoms with Crippen LogP contribution in [0.5, 0.6) is 0 Å². The highest BCUT2D eigenvalue weighted by molar-refractivity contribution is 5.97. The molecular formula is C17H28N2O2. The topological polar surface area (TPSA) is 40.6 Å². The number of rotatable bonds is 4. The third kappa shape index (κ3) is 2.69. The van der Waals surface area contributed by atoms with Crippen LogP contribution in [0.4, 0.5) is 0 Å². The van der Waals surface area contributed by atoms with Crippen LogP contribution in [-0.2, 0) is 9.59 Å². The van der Waals surface area contributed by atoms with Crippen molar-refractivity contribution in [1.82, 2.24) is 9.80 Å². The maximum atomic E-state index is 12.9. The van der Waals surface area contributed by atoms with Gasteiger partial charge in [-0.05, 0) is 37.5 Å². The van der Waals surface area contributed by atoms with E-state index < -0.39 is 0 Å². The average molecular weight is 292 g/mol. The molecule has 4 nitrogen and oxygen atoms in total. The van der Waals surface area contributed by atoms with Crippen LogP contribution in [0, 0.1) is 11.8 Å². The van der Waals surface area contributed by atoms with Crippen molar-refractivity contribution in [3.63, 3.8) is 0 Å². The summed E-state index contributed by atoms with van der Waals surface area (Å²) in [5.41, 5.74) is 0. The smallest absolute Gasteiger partial charge is 0.246 e. The predicted molar refractivity (Wildman–Crippen MR) is 81.6 cm³/mol. The van der Waals surface area contributed by atoms with Crippen molar-refractivity contribution in [2.24, 2.45) is 11.8 Å². The van der Waals surface area contributed by atoms with E-state index in [9.17, 15) is 9.59 Å². The minimum Gasteiger partial charge on any atom is -0.329 e. The molecule has 0 spiro atoms. The van der Waals surface area contributed by atoms with E-state index >= 15 is 0 Å². The molecule has 0 N–H and O–H groups in total. The zero-order chi connectivity index (χ0) is 15.0. The van der Waals surface area contributed by atoms with Crippen LogP contribution < -0.4 is 0 Å². The van der Waals surface area contributed by atoms with E-state index in [0.29, 0.717) is 0 Å². The lowest BCUT2D eigenvalue weighted by Gasteiger charge is -2.48. The van der Waals surface area contributed by atoms with Crippen molar-refractivity contribution in [3.8, 4) is 0 Å². The highest BCUT2D eigenvalue weighted by Crippen LogP contribution is 2.33. The number of fused-ring (bicyclic) bond motifs is 1. The van der Waals surface area contributed by atoms with E-state index in [1.807, 2.05) is 9.80 Å². The maximum absolute atomic E-state index is 12.9. The van der Waals surface area contributed by atoms with Gasteiger partial charge in [0.1, 0.15) is 12.1 Å². The number of amides is 2. The van der Waals surface area contributed by atoms with Crippen molar-refractivity contribution in [2.75, 3.05) is 13.1 Å². The first kappa shape index (κ1) is 14.9. The van der Waals surface area contributed by atoms with E-state index in [1.54, 1.807) is 0 Å². The molecule has 3 rings (SSSR count). The molecule has 118 valence electrons. The summed E-state index contributed by atoms with van der Waals surface area (Å²) in [5.74, 6) is 1.39. The van der Waals surface area contributed by atoms with Gasteiger partial charge in [-0.25, -0.2) is 0 Å². The molecule has 2 amide bonds. The Morgan fingerprint density at radius 3 is 2.43 bits per heavy atom. The Morgan fingerprint density at radius 1 is 1.05 bits per heavy atom. The zero-order valence-electron chi connectivity index (χ0n) is 13.4. The fraction of sp³-hybridized carbons (Fsp3) is 0.882. The van der Waals surface area contributed by atoms with Gasteiger partial charge in [0.15, 0.2) is 0 Å². The number of piperazine rings is 1. The van der Waals surface area contributed by atoms with Crippen LogP contribution in [0.25, 0.3) is 0 Å².